The maximum Gasteiger partial charge on any atom is 0.269 e. The van der Waals surface area contributed by atoms with Crippen LogP contribution in [-0.2, 0) is 17.7 Å². The number of phenols is 1. The molecule has 0 radical (unpaired) electrons. The number of nitrogens with zero attached hydrogens (tertiary/aromatic N) is 3. The van der Waals surface area contributed by atoms with Gasteiger partial charge >= 0.3 is 0 Å². The molecule has 0 saturated carbocycles. The quantitative estimate of drug-likeness (QED) is 0.542. The van der Waals surface area contributed by atoms with E-state index in [-0.39, 0.29) is 28.7 Å². The Hall–Kier alpha value is -3.16. The van der Waals surface area contributed by atoms with Crippen LogP contribution in [0.2, 0.25) is 0 Å². The standard InChI is InChI=1S/C17H17N5O3S.C2H6.CH5N/c1-10(2)12-6-13(25-9-12)8-19-16-17(22-26(24)21-16)20-14-5-3-4-11(7-18)15(14)23;2*1-2/h3-6,9-10,23H,8H2,1-2H3,(H,19,21)(H,20,22);1-2H3;2H2,1H3. The fourth-order valence-electron chi connectivity index (χ4n) is 2.29. The first kappa shape index (κ1) is 24.9. The Bertz CT molecular complexity index is 960. The molecule has 1 aliphatic heterocycles. The molecule has 2 aromatic rings. The van der Waals surface area contributed by atoms with Gasteiger partial charge in [0.05, 0.1) is 24.1 Å². The predicted molar refractivity (Wildman–Crippen MR) is 121 cm³/mol. The van der Waals surface area contributed by atoms with Gasteiger partial charge in [-0.05, 0) is 36.7 Å². The Morgan fingerprint density at radius 2 is 1.93 bits per heavy atom. The van der Waals surface area contributed by atoms with Crippen LogP contribution in [0.25, 0.3) is 0 Å². The highest BCUT2D eigenvalue weighted by atomic mass is 32.2. The summed E-state index contributed by atoms with van der Waals surface area (Å²) in [6.45, 7) is 8.49. The van der Waals surface area contributed by atoms with Crippen LogP contribution in [0.5, 0.6) is 5.75 Å². The van der Waals surface area contributed by atoms with Crippen molar-refractivity contribution < 1.29 is 13.7 Å². The van der Waals surface area contributed by atoms with Crippen molar-refractivity contribution in [2.75, 3.05) is 12.4 Å². The monoisotopic (exact) mass is 432 g/mol. The first-order valence-corrected chi connectivity index (χ1v) is 10.5. The smallest absolute Gasteiger partial charge is 0.269 e. The minimum Gasteiger partial charge on any atom is -0.504 e. The zero-order valence-corrected chi connectivity index (χ0v) is 18.6. The summed E-state index contributed by atoms with van der Waals surface area (Å²) in [6.07, 6.45) is 1.70. The zero-order valence-electron chi connectivity index (χ0n) is 17.8. The number of amidine groups is 2. The largest absolute Gasteiger partial charge is 0.504 e. The normalized spacial score (nSPS) is 14.4. The molecule has 0 spiro atoms. The molecule has 1 aromatic carbocycles. The first-order chi connectivity index (χ1) is 14.5. The van der Waals surface area contributed by atoms with Crippen LogP contribution in [-0.4, -0.2) is 28.0 Å². The van der Waals surface area contributed by atoms with Crippen molar-refractivity contribution in [2.45, 2.75) is 40.2 Å². The van der Waals surface area contributed by atoms with Crippen LogP contribution in [0.4, 0.5) is 5.69 Å². The van der Waals surface area contributed by atoms with Crippen molar-refractivity contribution in [1.82, 2.24) is 5.32 Å². The number of nitrogens with two attached hydrogens (primary N) is 1. The van der Waals surface area contributed by atoms with E-state index in [9.17, 15) is 9.32 Å². The van der Waals surface area contributed by atoms with Crippen molar-refractivity contribution in [3.05, 3.63) is 47.4 Å². The van der Waals surface area contributed by atoms with E-state index in [0.717, 1.165) is 5.56 Å². The van der Waals surface area contributed by atoms with E-state index in [0.29, 0.717) is 18.2 Å². The Morgan fingerprint density at radius 3 is 2.53 bits per heavy atom. The lowest BCUT2D eigenvalue weighted by Crippen LogP contribution is -2.33. The summed E-state index contributed by atoms with van der Waals surface area (Å²) in [5.41, 5.74) is 5.98. The van der Waals surface area contributed by atoms with Gasteiger partial charge in [0.1, 0.15) is 11.8 Å². The molecule has 0 amide bonds. The zero-order chi connectivity index (χ0) is 22.7. The third-order valence-corrected chi connectivity index (χ3v) is 4.42. The third-order valence-electron chi connectivity index (χ3n) is 3.74. The van der Waals surface area contributed by atoms with E-state index in [1.807, 2.05) is 26.0 Å². The molecule has 3 rings (SSSR count). The van der Waals surface area contributed by atoms with Crippen molar-refractivity contribution in [2.24, 2.45) is 14.5 Å². The van der Waals surface area contributed by atoms with E-state index >= 15 is 0 Å². The van der Waals surface area contributed by atoms with Crippen LogP contribution >= 0.6 is 0 Å². The lowest BCUT2D eigenvalue weighted by molar-refractivity contribution is 0.476. The second kappa shape index (κ2) is 12.4. The highest BCUT2D eigenvalue weighted by molar-refractivity contribution is 7.83. The number of benzene rings is 1. The molecule has 10 heteroatoms. The van der Waals surface area contributed by atoms with Gasteiger partial charge in [0.15, 0.2) is 17.4 Å². The number of phenolic OH excluding ortho intramolecular Hbond substituents is 1. The first-order valence-electron chi connectivity index (χ1n) is 9.45. The van der Waals surface area contributed by atoms with Gasteiger partial charge in [-0.25, -0.2) is 4.21 Å². The molecular weight excluding hydrogens is 404 g/mol. The van der Waals surface area contributed by atoms with Gasteiger partial charge in [-0.2, -0.15) is 5.26 Å². The van der Waals surface area contributed by atoms with E-state index in [1.54, 1.807) is 18.4 Å². The minimum absolute atomic E-state index is 0.123. The number of hydrogen-bond acceptors (Lipinski definition) is 7. The molecule has 1 atom stereocenters. The van der Waals surface area contributed by atoms with Crippen LogP contribution in [0.15, 0.2) is 43.7 Å². The second-order valence-electron chi connectivity index (χ2n) is 5.90. The SMILES string of the molecule is CC.CC(C)c1coc(CNC2=NS(=O)N=C2Nc2cccc(C#N)c2O)c1.CN. The summed E-state index contributed by atoms with van der Waals surface area (Å²) < 4.78 is 25.0. The molecule has 5 N–H and O–H groups in total. The maximum atomic E-state index is 11.7. The maximum absolute atomic E-state index is 11.7. The number of anilines is 1. The third kappa shape index (κ3) is 6.43. The second-order valence-corrected chi connectivity index (χ2v) is 6.73. The van der Waals surface area contributed by atoms with Gasteiger partial charge in [0.2, 0.25) is 0 Å². The van der Waals surface area contributed by atoms with Crippen LogP contribution in [0.3, 0.4) is 0 Å². The number of aromatic hydroxyl groups is 1. The average molecular weight is 433 g/mol. The van der Waals surface area contributed by atoms with Crippen molar-refractivity contribution in [1.29, 1.82) is 5.26 Å². The van der Waals surface area contributed by atoms with E-state index in [1.165, 1.54) is 13.1 Å². The Labute approximate surface area is 179 Å². The molecular formula is C20H28N6O3S. The summed E-state index contributed by atoms with van der Waals surface area (Å²) in [5.74, 6) is 1.36. The molecule has 1 aliphatic rings. The highest BCUT2D eigenvalue weighted by Gasteiger charge is 2.21. The molecule has 0 fully saturated rings. The number of rotatable bonds is 4. The van der Waals surface area contributed by atoms with Crippen LogP contribution < -0.4 is 16.4 Å². The van der Waals surface area contributed by atoms with Gasteiger partial charge in [-0.3, -0.25) is 0 Å². The molecule has 30 heavy (non-hydrogen) atoms. The summed E-state index contributed by atoms with van der Waals surface area (Å²) in [7, 11) is 1.50. The van der Waals surface area contributed by atoms with Crippen molar-refractivity contribution in [3.8, 4) is 11.8 Å². The fourth-order valence-corrected chi connectivity index (χ4v) is 2.92. The lowest BCUT2D eigenvalue weighted by Gasteiger charge is -2.11. The number of furan rings is 1. The Balaban J connectivity index is 0.00000106. The van der Waals surface area contributed by atoms with E-state index < -0.39 is 11.2 Å². The molecule has 162 valence electrons. The number of nitrogens with one attached hydrogen (secondary N) is 2. The van der Waals surface area contributed by atoms with E-state index in [2.05, 4.69) is 39.0 Å². The molecule has 0 bridgehead atoms. The topological polar surface area (TPSA) is 149 Å². The number of hydrogen-bond donors (Lipinski definition) is 4. The Morgan fingerprint density at radius 1 is 1.27 bits per heavy atom. The van der Waals surface area contributed by atoms with E-state index in [4.69, 9.17) is 9.68 Å². The van der Waals surface area contributed by atoms with Gasteiger partial charge < -0.3 is 25.9 Å². The molecule has 0 saturated heterocycles. The summed E-state index contributed by atoms with van der Waals surface area (Å²) in [5, 5.41) is 24.9. The van der Waals surface area contributed by atoms with Gasteiger partial charge in [0, 0.05) is 0 Å². The molecule has 2 heterocycles. The van der Waals surface area contributed by atoms with Gasteiger partial charge in [-0.1, -0.05) is 33.8 Å². The van der Waals surface area contributed by atoms with Crippen molar-refractivity contribution in [3.63, 3.8) is 0 Å². The lowest BCUT2D eigenvalue weighted by atomic mass is 10.1. The summed E-state index contributed by atoms with van der Waals surface area (Å²) in [4.78, 5) is 0. The summed E-state index contributed by atoms with van der Waals surface area (Å²) in [6, 6.07) is 8.52. The van der Waals surface area contributed by atoms with Crippen LogP contribution in [0.1, 0.15) is 50.5 Å². The highest BCUT2D eigenvalue weighted by Crippen LogP contribution is 2.27. The molecule has 1 aromatic heterocycles. The predicted octanol–water partition coefficient (Wildman–Crippen LogP) is 3.17. The van der Waals surface area contributed by atoms with Crippen molar-refractivity contribution >= 4 is 28.5 Å². The van der Waals surface area contributed by atoms with Gasteiger partial charge in [-0.15, -0.1) is 8.80 Å². The van der Waals surface area contributed by atoms with Gasteiger partial charge in [0.25, 0.3) is 11.2 Å². The van der Waals surface area contributed by atoms with Crippen LogP contribution in [0, 0.1) is 11.3 Å². The number of para-hydroxylation sites is 1. The molecule has 0 aliphatic carbocycles. The number of nitriles is 1. The molecule has 9 nitrogen and oxygen atoms in total. The Kier molecular flexibility index (Phi) is 10.3. The fraction of sp³-hybridized carbons (Fsp3) is 0.350. The average Bonchev–Trinajstić information content (AvgIpc) is 3.37. The molecule has 1 unspecified atom stereocenters. The summed E-state index contributed by atoms with van der Waals surface area (Å²) >= 11 is -1.76. The minimum atomic E-state index is -1.76.